The van der Waals surface area contributed by atoms with E-state index < -0.39 is 0 Å². The van der Waals surface area contributed by atoms with Gasteiger partial charge in [-0.25, -0.2) is 4.39 Å². The Labute approximate surface area is 133 Å². The molecule has 0 atom stereocenters. The van der Waals surface area contributed by atoms with Crippen molar-refractivity contribution in [3.63, 3.8) is 0 Å². The van der Waals surface area contributed by atoms with Gasteiger partial charge in [-0.1, -0.05) is 11.6 Å². The minimum atomic E-state index is -0.289. The van der Waals surface area contributed by atoms with Crippen molar-refractivity contribution in [3.05, 3.63) is 50.9 Å². The maximum atomic E-state index is 13.7. The minimum absolute atomic E-state index is 0.0128. The Morgan fingerprint density at radius 1 is 1.24 bits per heavy atom. The Kier molecular flexibility index (Phi) is 5.25. The van der Waals surface area contributed by atoms with Crippen LogP contribution in [0.4, 0.5) is 4.39 Å². The van der Waals surface area contributed by atoms with Crippen molar-refractivity contribution in [2.45, 2.75) is 39.5 Å². The molecule has 1 heterocycles. The van der Waals surface area contributed by atoms with E-state index in [9.17, 15) is 4.39 Å². The molecule has 1 aromatic carbocycles. The quantitative estimate of drug-likeness (QED) is 0.833. The van der Waals surface area contributed by atoms with E-state index >= 15 is 0 Å². The van der Waals surface area contributed by atoms with Crippen molar-refractivity contribution < 1.29 is 9.13 Å². The lowest BCUT2D eigenvalue weighted by Gasteiger charge is -2.20. The summed E-state index contributed by atoms with van der Waals surface area (Å²) >= 11 is 7.33. The highest BCUT2D eigenvalue weighted by atomic mass is 35.5. The average molecular weight is 328 g/mol. The first-order valence-corrected chi connectivity index (χ1v) is 7.93. The molecule has 0 fully saturated rings. The molecule has 2 nitrogen and oxygen atoms in total. The second kappa shape index (κ2) is 6.77. The predicted octanol–water partition coefficient (Wildman–Crippen LogP) is 5.01. The van der Waals surface area contributed by atoms with Crippen LogP contribution in [0.5, 0.6) is 5.75 Å². The van der Waals surface area contributed by atoms with Crippen LogP contribution in [0, 0.1) is 5.82 Å². The molecule has 0 saturated carbocycles. The van der Waals surface area contributed by atoms with Crippen molar-refractivity contribution in [3.8, 4) is 5.75 Å². The Balaban J connectivity index is 2.01. The molecular weight excluding hydrogens is 309 g/mol. The molecule has 1 N–H and O–H groups in total. The van der Waals surface area contributed by atoms with Gasteiger partial charge in [-0.15, -0.1) is 11.3 Å². The Morgan fingerprint density at radius 3 is 2.62 bits per heavy atom. The van der Waals surface area contributed by atoms with Crippen LogP contribution in [-0.4, -0.2) is 5.54 Å². The summed E-state index contributed by atoms with van der Waals surface area (Å²) in [4.78, 5) is 1.01. The molecule has 21 heavy (non-hydrogen) atoms. The van der Waals surface area contributed by atoms with Crippen LogP contribution in [-0.2, 0) is 13.2 Å². The zero-order chi connectivity index (χ0) is 15.5. The Hall–Kier alpha value is -1.10. The first-order valence-electron chi connectivity index (χ1n) is 6.73. The standard InChI is InChI=1S/C16H19ClFNOS/c1-16(2,3)19-9-11-6-12(18)8-13(7-11)20-10-14-4-5-15(17)21-14/h4-8,19H,9-10H2,1-3H3. The summed E-state index contributed by atoms with van der Waals surface area (Å²) in [5.41, 5.74) is 0.852. The molecule has 1 aromatic heterocycles. The van der Waals surface area contributed by atoms with Crippen LogP contribution in [0.3, 0.4) is 0 Å². The van der Waals surface area contributed by atoms with Gasteiger partial charge in [0.15, 0.2) is 0 Å². The molecular formula is C16H19ClFNOS. The van der Waals surface area contributed by atoms with Crippen LogP contribution in [0.25, 0.3) is 0 Å². The zero-order valence-corrected chi connectivity index (χ0v) is 13.9. The molecule has 2 rings (SSSR count). The van der Waals surface area contributed by atoms with Gasteiger partial charge in [0.05, 0.1) is 4.34 Å². The smallest absolute Gasteiger partial charge is 0.127 e. The summed E-state index contributed by atoms with van der Waals surface area (Å²) < 4.78 is 20.0. The highest BCUT2D eigenvalue weighted by Gasteiger charge is 2.10. The molecule has 0 bridgehead atoms. The van der Waals surface area contributed by atoms with Gasteiger partial charge in [0.2, 0.25) is 0 Å². The lowest BCUT2D eigenvalue weighted by molar-refractivity contribution is 0.307. The molecule has 0 aliphatic rings. The topological polar surface area (TPSA) is 21.3 Å². The molecule has 114 valence electrons. The lowest BCUT2D eigenvalue weighted by Crippen LogP contribution is -2.35. The summed E-state index contributed by atoms with van der Waals surface area (Å²) in [7, 11) is 0. The first kappa shape index (κ1) is 16.3. The molecule has 0 radical (unpaired) electrons. The third-order valence-electron chi connectivity index (χ3n) is 2.76. The van der Waals surface area contributed by atoms with Crippen LogP contribution < -0.4 is 10.1 Å². The van der Waals surface area contributed by atoms with E-state index in [-0.39, 0.29) is 11.4 Å². The number of benzene rings is 1. The number of thiophene rings is 1. The van der Waals surface area contributed by atoms with Gasteiger partial charge < -0.3 is 10.1 Å². The van der Waals surface area contributed by atoms with Crippen molar-refractivity contribution in [1.82, 2.24) is 5.32 Å². The number of hydrogen-bond acceptors (Lipinski definition) is 3. The third kappa shape index (κ3) is 5.65. The summed E-state index contributed by atoms with van der Waals surface area (Å²) in [6, 6.07) is 8.52. The van der Waals surface area contributed by atoms with Crippen molar-refractivity contribution in [2.75, 3.05) is 0 Å². The van der Waals surface area contributed by atoms with E-state index in [1.165, 1.54) is 23.5 Å². The van der Waals surface area contributed by atoms with Crippen molar-refractivity contribution in [2.24, 2.45) is 0 Å². The molecule has 0 saturated heterocycles. The highest BCUT2D eigenvalue weighted by molar-refractivity contribution is 7.16. The molecule has 0 aliphatic heterocycles. The van der Waals surface area contributed by atoms with E-state index in [0.717, 1.165) is 14.8 Å². The monoisotopic (exact) mass is 327 g/mol. The lowest BCUT2D eigenvalue weighted by atomic mass is 10.1. The number of hydrogen-bond donors (Lipinski definition) is 1. The highest BCUT2D eigenvalue weighted by Crippen LogP contribution is 2.24. The summed E-state index contributed by atoms with van der Waals surface area (Å²) in [6.45, 7) is 7.22. The number of rotatable bonds is 5. The van der Waals surface area contributed by atoms with E-state index in [1.54, 1.807) is 0 Å². The fraction of sp³-hybridized carbons (Fsp3) is 0.375. The van der Waals surface area contributed by atoms with Gasteiger partial charge >= 0.3 is 0 Å². The van der Waals surface area contributed by atoms with Crippen LogP contribution >= 0.6 is 22.9 Å². The maximum absolute atomic E-state index is 13.7. The molecule has 2 aromatic rings. The second-order valence-electron chi connectivity index (χ2n) is 5.89. The third-order valence-corrected chi connectivity index (χ3v) is 3.97. The maximum Gasteiger partial charge on any atom is 0.127 e. The van der Waals surface area contributed by atoms with Gasteiger partial charge in [0, 0.05) is 23.0 Å². The molecule has 0 amide bonds. The summed E-state index contributed by atoms with van der Waals surface area (Å²) in [5.74, 6) is 0.243. The number of halogens is 2. The van der Waals surface area contributed by atoms with Gasteiger partial charge in [-0.05, 0) is 50.6 Å². The largest absolute Gasteiger partial charge is 0.488 e. The molecule has 0 aliphatic carbocycles. The average Bonchev–Trinajstić information content (AvgIpc) is 2.79. The van der Waals surface area contributed by atoms with Crippen LogP contribution in [0.2, 0.25) is 4.34 Å². The van der Waals surface area contributed by atoms with Crippen molar-refractivity contribution in [1.29, 1.82) is 0 Å². The van der Waals surface area contributed by atoms with Gasteiger partial charge in [0.1, 0.15) is 18.2 Å². The fourth-order valence-electron chi connectivity index (χ4n) is 1.76. The van der Waals surface area contributed by atoms with Gasteiger partial charge in [-0.3, -0.25) is 0 Å². The Bertz CT molecular complexity index is 607. The van der Waals surface area contributed by atoms with E-state index in [4.69, 9.17) is 16.3 Å². The Morgan fingerprint density at radius 2 is 2.00 bits per heavy atom. The predicted molar refractivity (Wildman–Crippen MR) is 86.7 cm³/mol. The number of ether oxygens (including phenoxy) is 1. The van der Waals surface area contributed by atoms with E-state index in [2.05, 4.69) is 26.1 Å². The minimum Gasteiger partial charge on any atom is -0.488 e. The van der Waals surface area contributed by atoms with Crippen molar-refractivity contribution >= 4 is 22.9 Å². The van der Waals surface area contributed by atoms with E-state index in [1.807, 2.05) is 18.2 Å². The van der Waals surface area contributed by atoms with Gasteiger partial charge in [-0.2, -0.15) is 0 Å². The van der Waals surface area contributed by atoms with Crippen LogP contribution in [0.1, 0.15) is 31.2 Å². The second-order valence-corrected chi connectivity index (χ2v) is 7.69. The first-order chi connectivity index (χ1) is 9.82. The molecule has 0 unspecified atom stereocenters. The molecule has 0 spiro atoms. The fourth-order valence-corrected chi connectivity index (χ4v) is 2.76. The summed E-state index contributed by atoms with van der Waals surface area (Å²) in [6.07, 6.45) is 0. The summed E-state index contributed by atoms with van der Waals surface area (Å²) in [5, 5.41) is 3.33. The van der Waals surface area contributed by atoms with Gasteiger partial charge in [0.25, 0.3) is 0 Å². The zero-order valence-electron chi connectivity index (χ0n) is 12.4. The number of nitrogens with one attached hydrogen (secondary N) is 1. The SMILES string of the molecule is CC(C)(C)NCc1cc(F)cc(OCc2ccc(Cl)s2)c1. The van der Waals surface area contributed by atoms with Crippen LogP contribution in [0.15, 0.2) is 30.3 Å². The molecule has 5 heteroatoms. The normalized spacial score (nSPS) is 11.7. The van der Waals surface area contributed by atoms with E-state index in [0.29, 0.717) is 18.9 Å².